The van der Waals surface area contributed by atoms with Crippen molar-refractivity contribution in [2.45, 2.75) is 6.61 Å². The second-order valence-corrected chi connectivity index (χ2v) is 6.12. The van der Waals surface area contributed by atoms with Gasteiger partial charge in [0.25, 0.3) is 5.91 Å². The van der Waals surface area contributed by atoms with Gasteiger partial charge in [-0.05, 0) is 42.0 Å². The Bertz CT molecular complexity index is 955. The molecular formula is C23H21NO5. The van der Waals surface area contributed by atoms with E-state index in [1.54, 1.807) is 48.5 Å². The molecule has 0 aliphatic heterocycles. The van der Waals surface area contributed by atoms with Gasteiger partial charge < -0.3 is 19.5 Å². The molecule has 1 amide bonds. The van der Waals surface area contributed by atoms with E-state index in [0.29, 0.717) is 23.8 Å². The average Bonchev–Trinajstić information content (AvgIpc) is 2.77. The molecule has 0 aliphatic carbocycles. The molecule has 0 heterocycles. The number of hydrogen-bond donors (Lipinski definition) is 1. The van der Waals surface area contributed by atoms with Gasteiger partial charge in [-0.25, -0.2) is 4.79 Å². The van der Waals surface area contributed by atoms with E-state index in [0.717, 1.165) is 5.56 Å². The van der Waals surface area contributed by atoms with Crippen molar-refractivity contribution in [2.24, 2.45) is 0 Å². The molecule has 3 aromatic carbocycles. The predicted molar refractivity (Wildman–Crippen MR) is 109 cm³/mol. The first-order chi connectivity index (χ1) is 14.2. The van der Waals surface area contributed by atoms with E-state index in [9.17, 15) is 9.59 Å². The van der Waals surface area contributed by atoms with Gasteiger partial charge in [0, 0.05) is 5.69 Å². The van der Waals surface area contributed by atoms with Gasteiger partial charge in [-0.3, -0.25) is 4.79 Å². The Kier molecular flexibility index (Phi) is 6.84. The molecule has 3 rings (SSSR count). The van der Waals surface area contributed by atoms with Crippen molar-refractivity contribution in [1.82, 2.24) is 0 Å². The van der Waals surface area contributed by atoms with E-state index in [2.05, 4.69) is 5.32 Å². The largest absolute Gasteiger partial charge is 0.489 e. The predicted octanol–water partition coefficient (Wildman–Crippen LogP) is 4.07. The molecule has 0 atom stereocenters. The molecule has 0 aromatic heterocycles. The molecule has 0 fully saturated rings. The van der Waals surface area contributed by atoms with Crippen LogP contribution in [0.1, 0.15) is 15.9 Å². The molecule has 0 radical (unpaired) electrons. The van der Waals surface area contributed by atoms with Crippen LogP contribution in [0.4, 0.5) is 5.69 Å². The van der Waals surface area contributed by atoms with Gasteiger partial charge in [-0.15, -0.1) is 0 Å². The van der Waals surface area contributed by atoms with Crippen LogP contribution in [0.5, 0.6) is 11.5 Å². The molecule has 0 bridgehead atoms. The Balaban J connectivity index is 1.50. The summed E-state index contributed by atoms with van der Waals surface area (Å²) in [5.41, 5.74) is 1.96. The summed E-state index contributed by atoms with van der Waals surface area (Å²) in [4.78, 5) is 23.9. The SMILES string of the molecule is COC(=O)c1ccccc1OCC(=O)Nc1ccc(OCc2ccccc2)cc1. The Morgan fingerprint density at radius 1 is 0.828 bits per heavy atom. The minimum atomic E-state index is -0.521. The summed E-state index contributed by atoms with van der Waals surface area (Å²) in [7, 11) is 1.29. The Hall–Kier alpha value is -3.80. The number of ether oxygens (including phenoxy) is 3. The Labute approximate surface area is 169 Å². The third kappa shape index (κ3) is 5.84. The zero-order valence-electron chi connectivity index (χ0n) is 16.0. The van der Waals surface area contributed by atoms with Gasteiger partial charge in [-0.2, -0.15) is 0 Å². The van der Waals surface area contributed by atoms with Crippen molar-refractivity contribution in [2.75, 3.05) is 19.0 Å². The topological polar surface area (TPSA) is 73.9 Å². The fraction of sp³-hybridized carbons (Fsp3) is 0.130. The molecule has 6 nitrogen and oxygen atoms in total. The molecule has 3 aromatic rings. The average molecular weight is 391 g/mol. The van der Waals surface area contributed by atoms with Crippen LogP contribution < -0.4 is 14.8 Å². The van der Waals surface area contributed by atoms with Crippen molar-refractivity contribution in [3.63, 3.8) is 0 Å². The second-order valence-electron chi connectivity index (χ2n) is 6.12. The minimum absolute atomic E-state index is 0.236. The van der Waals surface area contributed by atoms with E-state index in [1.807, 2.05) is 30.3 Å². The van der Waals surface area contributed by atoms with E-state index in [1.165, 1.54) is 7.11 Å². The fourth-order valence-corrected chi connectivity index (χ4v) is 2.59. The molecule has 29 heavy (non-hydrogen) atoms. The quantitative estimate of drug-likeness (QED) is 0.586. The normalized spacial score (nSPS) is 10.1. The molecule has 0 aliphatic rings. The number of carbonyl (C=O) groups excluding carboxylic acids is 2. The highest BCUT2D eigenvalue weighted by Gasteiger charge is 2.13. The summed E-state index contributed by atoms with van der Waals surface area (Å²) in [5, 5.41) is 2.74. The van der Waals surface area contributed by atoms with Crippen molar-refractivity contribution < 1.29 is 23.8 Å². The van der Waals surface area contributed by atoms with Crippen LogP contribution in [-0.4, -0.2) is 25.6 Å². The fourth-order valence-electron chi connectivity index (χ4n) is 2.59. The van der Waals surface area contributed by atoms with Crippen LogP contribution >= 0.6 is 0 Å². The van der Waals surface area contributed by atoms with E-state index < -0.39 is 5.97 Å². The van der Waals surface area contributed by atoms with Crippen LogP contribution in [0.15, 0.2) is 78.9 Å². The lowest BCUT2D eigenvalue weighted by atomic mass is 10.2. The smallest absolute Gasteiger partial charge is 0.341 e. The number of amides is 1. The van der Waals surface area contributed by atoms with Crippen LogP contribution in [-0.2, 0) is 16.1 Å². The number of carbonyl (C=O) groups is 2. The summed E-state index contributed by atoms with van der Waals surface area (Å²) >= 11 is 0. The van der Waals surface area contributed by atoms with E-state index in [4.69, 9.17) is 14.2 Å². The summed E-state index contributed by atoms with van der Waals surface area (Å²) in [6.45, 7) is 0.236. The van der Waals surface area contributed by atoms with Gasteiger partial charge >= 0.3 is 5.97 Å². The maximum absolute atomic E-state index is 12.1. The van der Waals surface area contributed by atoms with Gasteiger partial charge in [0.15, 0.2) is 6.61 Å². The number of esters is 1. The molecule has 0 saturated heterocycles. The first-order valence-corrected chi connectivity index (χ1v) is 9.02. The summed E-state index contributed by atoms with van der Waals surface area (Å²) < 4.78 is 15.9. The maximum Gasteiger partial charge on any atom is 0.341 e. The Morgan fingerprint density at radius 3 is 2.24 bits per heavy atom. The third-order valence-corrected chi connectivity index (χ3v) is 4.04. The molecule has 0 unspecified atom stereocenters. The molecule has 0 saturated carbocycles. The molecular weight excluding hydrogens is 370 g/mol. The third-order valence-electron chi connectivity index (χ3n) is 4.04. The summed E-state index contributed by atoms with van der Waals surface area (Å²) in [6.07, 6.45) is 0. The standard InChI is InChI=1S/C23H21NO5/c1-27-23(26)20-9-5-6-10-21(20)29-16-22(25)24-18-11-13-19(14-12-18)28-15-17-7-3-2-4-8-17/h2-14H,15-16H2,1H3,(H,24,25). The van der Waals surface area contributed by atoms with Crippen molar-refractivity contribution in [1.29, 1.82) is 0 Å². The highest BCUT2D eigenvalue weighted by atomic mass is 16.5. The van der Waals surface area contributed by atoms with Crippen LogP contribution in [0.2, 0.25) is 0 Å². The van der Waals surface area contributed by atoms with Crippen LogP contribution in [0.3, 0.4) is 0 Å². The van der Waals surface area contributed by atoms with Crippen molar-refractivity contribution >= 4 is 17.6 Å². The monoisotopic (exact) mass is 391 g/mol. The maximum atomic E-state index is 12.1. The number of para-hydroxylation sites is 1. The van der Waals surface area contributed by atoms with Crippen LogP contribution in [0.25, 0.3) is 0 Å². The van der Waals surface area contributed by atoms with Gasteiger partial charge in [-0.1, -0.05) is 42.5 Å². The minimum Gasteiger partial charge on any atom is -0.489 e. The number of hydrogen-bond acceptors (Lipinski definition) is 5. The number of methoxy groups -OCH3 is 1. The first kappa shape index (κ1) is 19.9. The summed E-state index contributed by atoms with van der Waals surface area (Å²) in [6, 6.07) is 23.5. The van der Waals surface area contributed by atoms with Gasteiger partial charge in [0.2, 0.25) is 0 Å². The second kappa shape index (κ2) is 9.94. The molecule has 148 valence electrons. The van der Waals surface area contributed by atoms with Crippen LogP contribution in [0, 0.1) is 0 Å². The van der Waals surface area contributed by atoms with Crippen molar-refractivity contribution in [3.05, 3.63) is 90.0 Å². The van der Waals surface area contributed by atoms with E-state index in [-0.39, 0.29) is 18.1 Å². The Morgan fingerprint density at radius 2 is 1.52 bits per heavy atom. The molecule has 0 spiro atoms. The lowest BCUT2D eigenvalue weighted by Gasteiger charge is -2.11. The number of benzene rings is 3. The first-order valence-electron chi connectivity index (χ1n) is 9.02. The molecule has 6 heteroatoms. The van der Waals surface area contributed by atoms with Crippen molar-refractivity contribution in [3.8, 4) is 11.5 Å². The number of nitrogens with one attached hydrogen (secondary N) is 1. The van der Waals surface area contributed by atoms with E-state index >= 15 is 0 Å². The zero-order valence-corrected chi connectivity index (χ0v) is 16.0. The highest BCUT2D eigenvalue weighted by molar-refractivity contribution is 5.94. The highest BCUT2D eigenvalue weighted by Crippen LogP contribution is 2.20. The number of anilines is 1. The molecule has 1 N–H and O–H groups in total. The zero-order chi connectivity index (χ0) is 20.5. The lowest BCUT2D eigenvalue weighted by Crippen LogP contribution is -2.21. The van der Waals surface area contributed by atoms with Gasteiger partial charge in [0.1, 0.15) is 23.7 Å². The lowest BCUT2D eigenvalue weighted by molar-refractivity contribution is -0.118. The summed E-state index contributed by atoms with van der Waals surface area (Å²) in [5.74, 6) is 0.129. The number of rotatable bonds is 8. The van der Waals surface area contributed by atoms with Gasteiger partial charge in [0.05, 0.1) is 7.11 Å².